The molecule has 3 N–H and O–H groups in total. The first-order chi connectivity index (χ1) is 13.9. The summed E-state index contributed by atoms with van der Waals surface area (Å²) >= 11 is 13.6. The highest BCUT2D eigenvalue weighted by molar-refractivity contribution is 8.05. The summed E-state index contributed by atoms with van der Waals surface area (Å²) < 4.78 is 5.10. The zero-order valence-electron chi connectivity index (χ0n) is 15.4. The van der Waals surface area contributed by atoms with E-state index in [4.69, 9.17) is 33.0 Å². The summed E-state index contributed by atoms with van der Waals surface area (Å²) in [4.78, 5) is 23.4. The number of thioether (sulfide) groups is 1. The number of carbonyl (C=O) groups is 2. The molecule has 0 saturated carbocycles. The number of nitrogens with one attached hydrogen (secondary N) is 2. The number of amides is 1. The van der Waals surface area contributed by atoms with Crippen molar-refractivity contribution >= 4 is 58.6 Å². The molecule has 152 valence electrons. The van der Waals surface area contributed by atoms with Gasteiger partial charge in [0.2, 0.25) is 0 Å². The van der Waals surface area contributed by atoms with Crippen LogP contribution in [0.5, 0.6) is 5.75 Å². The van der Waals surface area contributed by atoms with Gasteiger partial charge in [-0.25, -0.2) is 4.79 Å². The van der Waals surface area contributed by atoms with Gasteiger partial charge in [-0.1, -0.05) is 54.0 Å². The van der Waals surface area contributed by atoms with E-state index in [2.05, 4.69) is 17.6 Å². The fourth-order valence-corrected chi connectivity index (χ4v) is 4.24. The minimum atomic E-state index is -1.13. The van der Waals surface area contributed by atoms with E-state index in [1.54, 1.807) is 18.2 Å². The van der Waals surface area contributed by atoms with Crippen molar-refractivity contribution in [1.29, 1.82) is 0 Å². The van der Waals surface area contributed by atoms with Gasteiger partial charge in [0.25, 0.3) is 5.91 Å². The summed E-state index contributed by atoms with van der Waals surface area (Å²) in [7, 11) is 0. The van der Waals surface area contributed by atoms with Crippen LogP contribution < -0.4 is 15.4 Å². The number of aliphatic carboxylic acids is 1. The van der Waals surface area contributed by atoms with Gasteiger partial charge in [-0.15, -0.1) is 0 Å². The zero-order valence-corrected chi connectivity index (χ0v) is 17.7. The Morgan fingerprint density at radius 2 is 1.93 bits per heavy atom. The third kappa shape index (κ3) is 5.59. The van der Waals surface area contributed by atoms with Crippen molar-refractivity contribution in [2.75, 3.05) is 11.9 Å². The number of benzene rings is 2. The van der Waals surface area contributed by atoms with Crippen LogP contribution in [0.25, 0.3) is 6.08 Å². The predicted molar refractivity (Wildman–Crippen MR) is 117 cm³/mol. The third-order valence-electron chi connectivity index (χ3n) is 4.05. The molecule has 2 aromatic carbocycles. The van der Waals surface area contributed by atoms with Crippen molar-refractivity contribution in [3.8, 4) is 5.75 Å². The summed E-state index contributed by atoms with van der Waals surface area (Å²) in [6.45, 7) is 1.54. The van der Waals surface area contributed by atoms with E-state index >= 15 is 0 Å². The summed E-state index contributed by atoms with van der Waals surface area (Å²) in [5.74, 6) is -1.25. The standard InChI is InChI=1S/C20H18Cl2N2O4S/c1-2-11-3-5-13(6-4-11)23-20-24-19(27)16(29-20)9-12-7-14(21)18(15(22)8-12)28-10-17(25)26/h3-9,20,23H,2,10H2,1H3,(H,24,27)(H,25,26)/b16-9-/t20-/m0/s1. The average molecular weight is 453 g/mol. The first-order valence-electron chi connectivity index (χ1n) is 8.74. The number of anilines is 1. The first kappa shape index (κ1) is 21.4. The summed E-state index contributed by atoms with van der Waals surface area (Å²) in [5.41, 5.74) is 2.45. The van der Waals surface area contributed by atoms with E-state index in [-0.39, 0.29) is 27.2 Å². The number of rotatable bonds is 7. The second-order valence-corrected chi connectivity index (χ2v) is 8.13. The maximum atomic E-state index is 12.3. The van der Waals surface area contributed by atoms with E-state index in [0.29, 0.717) is 10.5 Å². The highest BCUT2D eigenvalue weighted by atomic mass is 35.5. The average Bonchev–Trinajstić information content (AvgIpc) is 3.00. The van der Waals surface area contributed by atoms with Crippen LogP contribution in [0.3, 0.4) is 0 Å². The number of aryl methyl sites for hydroxylation is 1. The van der Waals surface area contributed by atoms with E-state index in [1.165, 1.54) is 17.3 Å². The quantitative estimate of drug-likeness (QED) is 0.531. The van der Waals surface area contributed by atoms with Crippen molar-refractivity contribution in [3.05, 3.63) is 62.5 Å². The first-order valence-corrected chi connectivity index (χ1v) is 10.4. The number of hydrogen-bond acceptors (Lipinski definition) is 5. The molecule has 6 nitrogen and oxygen atoms in total. The predicted octanol–water partition coefficient (Wildman–Crippen LogP) is 4.62. The molecule has 0 bridgehead atoms. The van der Waals surface area contributed by atoms with Gasteiger partial charge in [-0.2, -0.15) is 0 Å². The lowest BCUT2D eigenvalue weighted by Gasteiger charge is -2.13. The molecule has 29 heavy (non-hydrogen) atoms. The lowest BCUT2D eigenvalue weighted by Crippen LogP contribution is -2.30. The number of carboxylic acids is 1. The Bertz CT molecular complexity index is 940. The van der Waals surface area contributed by atoms with Crippen LogP contribution in [-0.2, 0) is 16.0 Å². The Hall–Kier alpha value is -2.35. The topological polar surface area (TPSA) is 87.7 Å². The van der Waals surface area contributed by atoms with Gasteiger partial charge in [0.15, 0.2) is 17.9 Å². The summed E-state index contributed by atoms with van der Waals surface area (Å²) in [6.07, 6.45) is 2.63. The highest BCUT2D eigenvalue weighted by Gasteiger charge is 2.27. The molecule has 1 aliphatic heterocycles. The Balaban J connectivity index is 1.71. The molecule has 0 aliphatic carbocycles. The van der Waals surface area contributed by atoms with Crippen LogP contribution in [0.1, 0.15) is 18.1 Å². The van der Waals surface area contributed by atoms with Gasteiger partial charge in [-0.3, -0.25) is 4.79 Å². The number of halogens is 2. The molecule has 1 saturated heterocycles. The minimum absolute atomic E-state index is 0.0940. The van der Waals surface area contributed by atoms with Gasteiger partial charge in [0.05, 0.1) is 15.0 Å². The molecule has 1 heterocycles. The van der Waals surface area contributed by atoms with Crippen molar-refractivity contribution in [2.45, 2.75) is 18.8 Å². The Kier molecular flexibility index (Phi) is 6.95. The molecule has 1 amide bonds. The van der Waals surface area contributed by atoms with Crippen LogP contribution in [-0.4, -0.2) is 29.1 Å². The van der Waals surface area contributed by atoms with Crippen molar-refractivity contribution in [1.82, 2.24) is 5.32 Å². The maximum Gasteiger partial charge on any atom is 0.341 e. The van der Waals surface area contributed by atoms with Crippen LogP contribution in [0.15, 0.2) is 41.3 Å². The van der Waals surface area contributed by atoms with Gasteiger partial charge in [-0.05, 0) is 47.9 Å². The maximum absolute atomic E-state index is 12.3. The molecule has 0 spiro atoms. The normalized spacial score (nSPS) is 17.3. The minimum Gasteiger partial charge on any atom is -0.479 e. The molecule has 1 aliphatic rings. The molecule has 3 rings (SSSR count). The van der Waals surface area contributed by atoms with E-state index in [0.717, 1.165) is 12.1 Å². The zero-order chi connectivity index (χ0) is 21.0. The highest BCUT2D eigenvalue weighted by Crippen LogP contribution is 2.36. The summed E-state index contributed by atoms with van der Waals surface area (Å²) in [5, 5.41) is 15.2. The molecule has 1 fully saturated rings. The molecule has 9 heteroatoms. The lowest BCUT2D eigenvalue weighted by atomic mass is 10.1. The number of ether oxygens (including phenoxy) is 1. The van der Waals surface area contributed by atoms with E-state index in [9.17, 15) is 9.59 Å². The van der Waals surface area contributed by atoms with E-state index in [1.807, 2.05) is 24.3 Å². The van der Waals surface area contributed by atoms with Gasteiger partial charge in [0, 0.05) is 5.69 Å². The molecule has 0 radical (unpaired) electrons. The number of carbonyl (C=O) groups excluding carboxylic acids is 1. The second-order valence-electron chi connectivity index (χ2n) is 6.17. The smallest absolute Gasteiger partial charge is 0.341 e. The van der Waals surface area contributed by atoms with Gasteiger partial charge >= 0.3 is 5.97 Å². The van der Waals surface area contributed by atoms with Crippen LogP contribution in [0.2, 0.25) is 10.0 Å². The fourth-order valence-electron chi connectivity index (χ4n) is 2.64. The molecular formula is C20H18Cl2N2O4S. The van der Waals surface area contributed by atoms with Crippen molar-refractivity contribution < 1.29 is 19.4 Å². The molecule has 0 aromatic heterocycles. The van der Waals surface area contributed by atoms with Gasteiger partial charge < -0.3 is 20.5 Å². The largest absolute Gasteiger partial charge is 0.479 e. The number of hydrogen-bond donors (Lipinski definition) is 3. The molecule has 1 atom stereocenters. The van der Waals surface area contributed by atoms with Crippen molar-refractivity contribution in [2.24, 2.45) is 0 Å². The van der Waals surface area contributed by atoms with Crippen LogP contribution in [0, 0.1) is 0 Å². The lowest BCUT2D eigenvalue weighted by molar-refractivity contribution is -0.139. The third-order valence-corrected chi connectivity index (χ3v) is 5.64. The molecule has 2 aromatic rings. The van der Waals surface area contributed by atoms with Gasteiger partial charge in [0.1, 0.15) is 0 Å². The summed E-state index contributed by atoms with van der Waals surface area (Å²) in [6, 6.07) is 11.2. The fraction of sp³-hybridized carbons (Fsp3) is 0.200. The SMILES string of the molecule is CCc1ccc(N[C@H]2NC(=O)/C(=C/c3cc(Cl)c(OCC(=O)O)c(Cl)c3)S2)cc1. The van der Waals surface area contributed by atoms with E-state index < -0.39 is 12.6 Å². The Morgan fingerprint density at radius 1 is 1.28 bits per heavy atom. The second kappa shape index (κ2) is 9.43. The van der Waals surface area contributed by atoms with Crippen LogP contribution in [0.4, 0.5) is 5.69 Å². The monoisotopic (exact) mass is 452 g/mol. The molecular weight excluding hydrogens is 435 g/mol. The Morgan fingerprint density at radius 3 is 2.52 bits per heavy atom. The van der Waals surface area contributed by atoms with Crippen LogP contribution >= 0.6 is 35.0 Å². The Labute approximate surface area is 182 Å². The molecule has 0 unspecified atom stereocenters. The van der Waals surface area contributed by atoms with Crippen molar-refractivity contribution in [3.63, 3.8) is 0 Å². The number of carboxylic acid groups (broad SMARTS) is 1.